The third-order valence-corrected chi connectivity index (χ3v) is 16.3. The number of aliphatic hydroxyl groups is 4. The number of hydrogen-bond acceptors (Lipinski definition) is 13. The van der Waals surface area contributed by atoms with Crippen LogP contribution in [-0.2, 0) is 33.3 Å². The second-order valence-electron chi connectivity index (χ2n) is 21.6. The van der Waals surface area contributed by atoms with Gasteiger partial charge in [0.05, 0.1) is 29.8 Å². The van der Waals surface area contributed by atoms with Gasteiger partial charge in [-0.1, -0.05) is 160 Å². The van der Waals surface area contributed by atoms with Crippen molar-refractivity contribution < 1.29 is 151 Å². The topological polar surface area (TPSA) is 215 Å². The molecule has 426 valence electrons. The Kier molecular flexibility index (Phi) is 26.2. The molecular weight excluding hydrogens is 1460 g/mol. The summed E-state index contributed by atoms with van der Waals surface area (Å²) >= 11 is 0. The van der Waals surface area contributed by atoms with Crippen LogP contribution in [0.5, 0.6) is 0 Å². The summed E-state index contributed by atoms with van der Waals surface area (Å²) in [7, 11) is 0. The van der Waals surface area contributed by atoms with Crippen molar-refractivity contribution in [3.8, 4) is 0 Å². The van der Waals surface area contributed by atoms with Crippen LogP contribution in [0.25, 0.3) is 0 Å². The van der Waals surface area contributed by atoms with Crippen molar-refractivity contribution in [2.24, 2.45) is 16.7 Å². The zero-order valence-electron chi connectivity index (χ0n) is 47.1. The van der Waals surface area contributed by atoms with Crippen molar-refractivity contribution in [2.75, 3.05) is 6.61 Å². The molecule has 11 atom stereocenters. The van der Waals surface area contributed by atoms with Gasteiger partial charge in [-0.3, -0.25) is 14.4 Å². The molecular formula is C65H77Ac2NO13. The molecule has 2 radical (unpaired) electrons. The van der Waals surface area contributed by atoms with E-state index in [2.05, 4.69) is 66.9 Å². The molecule has 3 aromatic carbocycles. The number of aliphatic hydroxyl groups excluding tert-OH is 2. The van der Waals surface area contributed by atoms with Gasteiger partial charge in [0.25, 0.3) is 5.91 Å². The fourth-order valence-electron chi connectivity index (χ4n) is 11.7. The van der Waals surface area contributed by atoms with Crippen molar-refractivity contribution in [1.82, 2.24) is 5.32 Å². The first-order valence-electron chi connectivity index (χ1n) is 27.5. The van der Waals surface area contributed by atoms with Crippen LogP contribution in [0.3, 0.4) is 0 Å². The minimum absolute atomic E-state index is 0. The van der Waals surface area contributed by atoms with E-state index in [1.54, 1.807) is 92.7 Å². The van der Waals surface area contributed by atoms with Crippen LogP contribution in [-0.4, -0.2) is 104 Å². The van der Waals surface area contributed by atoms with E-state index >= 15 is 9.59 Å². The number of allylic oxidation sites excluding steroid dienone is 12. The Morgan fingerprint density at radius 2 is 1.22 bits per heavy atom. The summed E-state index contributed by atoms with van der Waals surface area (Å²) < 4.78 is 24.5. The van der Waals surface area contributed by atoms with Crippen LogP contribution >= 0.6 is 0 Å². The van der Waals surface area contributed by atoms with Gasteiger partial charge in [0.2, 0.25) is 6.10 Å². The number of ketones is 1. The molecule has 16 heteroatoms. The maximum atomic E-state index is 15.2. The number of nitrogens with one attached hydrogen (secondary N) is 1. The molecule has 4 aliphatic rings. The van der Waals surface area contributed by atoms with Gasteiger partial charge in [0.1, 0.15) is 35.6 Å². The molecule has 1 heterocycles. The largest absolute Gasteiger partial charge is 0.455 e. The molecule has 0 aromatic heterocycles. The van der Waals surface area contributed by atoms with E-state index in [4.69, 9.17) is 18.9 Å². The van der Waals surface area contributed by atoms with Gasteiger partial charge >= 0.3 is 17.9 Å². The fraction of sp³-hybridized carbons (Fsp3) is 0.431. The molecule has 3 fully saturated rings. The first-order valence-corrected chi connectivity index (χ1v) is 27.5. The van der Waals surface area contributed by atoms with Crippen LogP contribution in [0.4, 0.5) is 0 Å². The summed E-state index contributed by atoms with van der Waals surface area (Å²) in [4.78, 5) is 72.5. The molecule has 1 aliphatic heterocycles. The van der Waals surface area contributed by atoms with Crippen molar-refractivity contribution in [3.63, 3.8) is 0 Å². The third-order valence-electron chi connectivity index (χ3n) is 16.3. The predicted octanol–water partition coefficient (Wildman–Crippen LogP) is 9.62. The molecule has 5 N–H and O–H groups in total. The quantitative estimate of drug-likeness (QED) is 0.0340. The molecule has 0 spiro atoms. The minimum Gasteiger partial charge on any atom is -0.455 e. The van der Waals surface area contributed by atoms with E-state index in [1.807, 2.05) is 18.2 Å². The van der Waals surface area contributed by atoms with Gasteiger partial charge in [0.15, 0.2) is 5.78 Å². The number of carbonyl (C=O) groups is 5. The van der Waals surface area contributed by atoms with Gasteiger partial charge in [-0.25, -0.2) is 9.59 Å². The van der Waals surface area contributed by atoms with Gasteiger partial charge < -0.3 is 44.7 Å². The van der Waals surface area contributed by atoms with E-state index in [0.29, 0.717) is 12.0 Å². The molecule has 1 amide bonds. The molecule has 81 heavy (non-hydrogen) atoms. The van der Waals surface area contributed by atoms with Gasteiger partial charge in [-0.05, 0) is 99.8 Å². The summed E-state index contributed by atoms with van der Waals surface area (Å²) in [5.74, 6) is -5.90. The van der Waals surface area contributed by atoms with Gasteiger partial charge in [-0.2, -0.15) is 0 Å². The Morgan fingerprint density at radius 3 is 1.74 bits per heavy atom. The standard InChI is InChI=1S/C65H77NO13.2Ac/c1-6-7-8-9-10-11-12-13-14-15-16-17-18-19-20-21-22-23-33-40-51(68)78-55(53(45-34-27-24-28-35-45)66-59(71)46-36-29-25-30-37-46)61(73)77-48-42-65(75)58(79-60(72)47-38-31-26-32-39-47)56-63(5,49(67)41-50-64(56,74)43-76-50)57(70)54(69)52(44(48)2)62(65,3)4;;/h7-8,10-11,13-14,16-17,19-20,22-32,34-39,48-50,53-56,58,67,69,74-75H,6,9,12,15,18,21,33,40-43H2,1-5H3,(H,66,71);;/b8-7-,11-10-,14-13-,17-16-,20-19-,23-22-;;. The maximum Gasteiger partial charge on any atom is 0.350 e. The normalized spacial score (nSPS) is 27.6. The fourth-order valence-corrected chi connectivity index (χ4v) is 11.7. The Bertz CT molecular complexity index is 2830. The average Bonchev–Trinajstić information content (AvgIpc) is 2.44. The number of amides is 1. The zero-order valence-corrected chi connectivity index (χ0v) is 56.6. The summed E-state index contributed by atoms with van der Waals surface area (Å²) in [6.45, 7) is 7.85. The molecule has 7 rings (SSSR count). The van der Waals surface area contributed by atoms with Crippen LogP contribution in [0.15, 0.2) is 175 Å². The van der Waals surface area contributed by atoms with Crippen LogP contribution in [0.1, 0.15) is 131 Å². The molecule has 11 unspecified atom stereocenters. The van der Waals surface area contributed by atoms with E-state index in [-0.39, 0.29) is 136 Å². The number of Topliss-reactive ketones (excluding diaryl/α,β-unsaturated/α-hetero) is 1. The Labute approximate surface area is 548 Å². The summed E-state index contributed by atoms with van der Waals surface area (Å²) in [5.41, 5.74) is -7.14. The first kappa shape index (κ1) is 67.9. The Hall–Kier alpha value is -3.93. The van der Waals surface area contributed by atoms with Crippen LogP contribution in [0.2, 0.25) is 0 Å². The molecule has 2 bridgehead atoms. The van der Waals surface area contributed by atoms with Gasteiger partial charge in [0, 0.05) is 124 Å². The SMILES string of the molecule is CC/C=C\C/C=C\C/C=C\C/C=C\C/C=C\C/C=C\CCC(=O)OC(C(=O)OC1CC2(O)C(OC(=O)c3ccccc3)C3C4(O)COC4CC(O)C3(C)C(=O)C(O)C(=C1C)C2(C)C)C(NC(=O)c1ccccc1)c1ccccc1.[Ac].[Ac]. The van der Waals surface area contributed by atoms with Crippen molar-refractivity contribution in [1.29, 1.82) is 0 Å². The first-order chi connectivity index (χ1) is 37.9. The summed E-state index contributed by atoms with van der Waals surface area (Å²) in [6, 6.07) is 23.3. The molecule has 3 aliphatic carbocycles. The van der Waals surface area contributed by atoms with E-state index in [1.165, 1.54) is 26.0 Å². The molecule has 2 saturated carbocycles. The van der Waals surface area contributed by atoms with Crippen LogP contribution < -0.4 is 5.32 Å². The number of fused-ring (bicyclic) bond motifs is 5. The zero-order chi connectivity index (χ0) is 56.8. The molecule has 1 saturated heterocycles. The Balaban J connectivity index is 0.00000602. The summed E-state index contributed by atoms with van der Waals surface area (Å²) in [5, 5.41) is 53.4. The predicted molar refractivity (Wildman–Crippen MR) is 300 cm³/mol. The number of ether oxygens (including phenoxy) is 4. The molecule has 14 nitrogen and oxygen atoms in total. The number of esters is 3. The van der Waals surface area contributed by atoms with Crippen molar-refractivity contribution >= 4 is 29.6 Å². The minimum atomic E-state index is -2.37. The third kappa shape index (κ3) is 15.7. The monoisotopic (exact) mass is 1530 g/mol. The van der Waals surface area contributed by atoms with E-state index < -0.39 is 107 Å². The smallest absolute Gasteiger partial charge is 0.350 e. The number of benzene rings is 3. The maximum absolute atomic E-state index is 15.2. The second kappa shape index (κ2) is 31.3. The second-order valence-corrected chi connectivity index (χ2v) is 21.6. The molecule has 3 aromatic rings. The Morgan fingerprint density at radius 1 is 0.716 bits per heavy atom. The van der Waals surface area contributed by atoms with Crippen LogP contribution in [0, 0.1) is 105 Å². The average molecular weight is 1530 g/mol. The summed E-state index contributed by atoms with van der Waals surface area (Å²) in [6.07, 6.45) is 19.8. The van der Waals surface area contributed by atoms with Crippen molar-refractivity contribution in [3.05, 3.63) is 192 Å². The number of carbonyl (C=O) groups excluding carboxylic acids is 5. The number of rotatable bonds is 23. The van der Waals surface area contributed by atoms with Gasteiger partial charge in [-0.15, -0.1) is 0 Å². The van der Waals surface area contributed by atoms with E-state index in [9.17, 15) is 34.8 Å². The number of hydrogen-bond donors (Lipinski definition) is 5. The van der Waals surface area contributed by atoms with E-state index in [0.717, 1.165) is 32.1 Å². The van der Waals surface area contributed by atoms with Crippen molar-refractivity contribution in [2.45, 2.75) is 153 Å².